The van der Waals surface area contributed by atoms with E-state index in [1.54, 1.807) is 0 Å². The van der Waals surface area contributed by atoms with E-state index in [2.05, 4.69) is 26.0 Å². The number of carbonyl (C=O) groups is 1. The number of aliphatic hydroxyl groups is 1. The molecule has 0 bridgehead atoms. The van der Waals surface area contributed by atoms with Crippen LogP contribution in [0.25, 0.3) is 0 Å². The zero-order chi connectivity index (χ0) is 21.8. The van der Waals surface area contributed by atoms with Crippen LogP contribution in [0.1, 0.15) is 142 Å². The number of unbranched alkanes of at least 4 members (excludes halogenated alkanes) is 16. The van der Waals surface area contributed by atoms with Crippen molar-refractivity contribution in [3.8, 4) is 0 Å². The molecule has 0 unspecified atom stereocenters. The number of hydrogen-bond donors (Lipinski definition) is 2. The van der Waals surface area contributed by atoms with Crippen LogP contribution >= 0.6 is 0 Å². The van der Waals surface area contributed by atoms with Gasteiger partial charge in [-0.2, -0.15) is 0 Å². The molecule has 0 heterocycles. The van der Waals surface area contributed by atoms with Crippen LogP contribution in [0.3, 0.4) is 0 Å². The first-order chi connectivity index (χ1) is 14.2. The van der Waals surface area contributed by atoms with Crippen molar-refractivity contribution in [2.75, 3.05) is 6.61 Å². The standard InChI is InChI=1S/C18H36O.C8H16O2/c1-2-3-4-5-6-7-8-9-10-11-12-13-14-15-16-17-18-19;1-2-3-4-5-6-7-8(9)10/h9-10,19H,2-8,11-18H2,1H3;2-7H2,1H3,(H,9,10)/b10-9-;. The smallest absolute Gasteiger partial charge is 0.303 e. The van der Waals surface area contributed by atoms with Gasteiger partial charge in [-0.15, -0.1) is 0 Å². The Morgan fingerprint density at radius 1 is 0.586 bits per heavy atom. The Morgan fingerprint density at radius 2 is 0.966 bits per heavy atom. The first kappa shape index (κ1) is 30.4. The van der Waals surface area contributed by atoms with E-state index >= 15 is 0 Å². The number of allylic oxidation sites excluding steroid dienone is 2. The summed E-state index contributed by atoms with van der Waals surface area (Å²) in [5.74, 6) is -0.670. The normalized spacial score (nSPS) is 10.9. The number of aliphatic hydroxyl groups excluding tert-OH is 1. The predicted molar refractivity (Wildman–Crippen MR) is 128 cm³/mol. The summed E-state index contributed by atoms with van der Waals surface area (Å²) in [4.78, 5) is 10.0. The maximum absolute atomic E-state index is 10.0. The van der Waals surface area contributed by atoms with E-state index in [4.69, 9.17) is 10.2 Å². The van der Waals surface area contributed by atoms with Gasteiger partial charge in [0.25, 0.3) is 0 Å². The van der Waals surface area contributed by atoms with Gasteiger partial charge in [-0.3, -0.25) is 4.79 Å². The summed E-state index contributed by atoms with van der Waals surface area (Å²) in [5, 5.41) is 16.9. The molecule has 0 fully saturated rings. The fourth-order valence-corrected chi connectivity index (χ4v) is 3.24. The van der Waals surface area contributed by atoms with E-state index in [0.29, 0.717) is 13.0 Å². The van der Waals surface area contributed by atoms with E-state index < -0.39 is 5.97 Å². The first-order valence-corrected chi connectivity index (χ1v) is 12.7. The van der Waals surface area contributed by atoms with E-state index in [9.17, 15) is 4.79 Å². The quantitative estimate of drug-likeness (QED) is 0.147. The summed E-state index contributed by atoms with van der Waals surface area (Å²) in [7, 11) is 0. The molecule has 0 aliphatic heterocycles. The van der Waals surface area contributed by atoms with E-state index in [1.165, 1.54) is 103 Å². The molecule has 0 rings (SSSR count). The highest BCUT2D eigenvalue weighted by Gasteiger charge is 1.95. The molecule has 0 aliphatic carbocycles. The second-order valence-corrected chi connectivity index (χ2v) is 8.22. The maximum Gasteiger partial charge on any atom is 0.303 e. The van der Waals surface area contributed by atoms with Crippen molar-refractivity contribution in [1.82, 2.24) is 0 Å². The molecule has 0 saturated heterocycles. The summed E-state index contributed by atoms with van der Waals surface area (Å²) >= 11 is 0. The number of carboxylic acids is 1. The average Bonchev–Trinajstić information content (AvgIpc) is 2.71. The number of carboxylic acid groups (broad SMARTS) is 1. The van der Waals surface area contributed by atoms with Crippen LogP contribution in [0, 0.1) is 0 Å². The maximum atomic E-state index is 10.0. The molecule has 0 amide bonds. The van der Waals surface area contributed by atoms with E-state index in [1.807, 2.05) is 0 Å². The molecule has 3 nitrogen and oxygen atoms in total. The fraction of sp³-hybridized carbons (Fsp3) is 0.885. The lowest BCUT2D eigenvalue weighted by molar-refractivity contribution is -0.137. The van der Waals surface area contributed by atoms with Gasteiger partial charge in [0.2, 0.25) is 0 Å². The van der Waals surface area contributed by atoms with Crippen LogP contribution in [0.15, 0.2) is 12.2 Å². The first-order valence-electron chi connectivity index (χ1n) is 12.7. The Hall–Kier alpha value is -0.830. The van der Waals surface area contributed by atoms with Crippen molar-refractivity contribution >= 4 is 5.97 Å². The minimum absolute atomic E-state index is 0.337. The fourth-order valence-electron chi connectivity index (χ4n) is 3.24. The Bertz CT molecular complexity index is 326. The van der Waals surface area contributed by atoms with Crippen LogP contribution in [0.2, 0.25) is 0 Å². The number of aliphatic carboxylic acids is 1. The molecular weight excluding hydrogens is 360 g/mol. The molecule has 0 spiro atoms. The van der Waals surface area contributed by atoms with Gasteiger partial charge in [-0.25, -0.2) is 0 Å². The molecule has 0 aromatic heterocycles. The molecule has 0 aliphatic rings. The lowest BCUT2D eigenvalue weighted by Crippen LogP contribution is -1.93. The van der Waals surface area contributed by atoms with Crippen LogP contribution < -0.4 is 0 Å². The second-order valence-electron chi connectivity index (χ2n) is 8.22. The number of rotatable bonds is 21. The van der Waals surface area contributed by atoms with Crippen LogP contribution in [0.4, 0.5) is 0 Å². The molecular formula is C26H52O3. The molecule has 0 saturated carbocycles. The Labute approximate surface area is 182 Å². The predicted octanol–water partition coefficient (Wildman–Crippen LogP) is 8.45. The van der Waals surface area contributed by atoms with Gasteiger partial charge in [-0.1, -0.05) is 109 Å². The molecule has 174 valence electrons. The highest BCUT2D eigenvalue weighted by atomic mass is 16.4. The van der Waals surface area contributed by atoms with Gasteiger partial charge >= 0.3 is 5.97 Å². The van der Waals surface area contributed by atoms with Crippen molar-refractivity contribution in [2.45, 2.75) is 142 Å². The summed E-state index contributed by atoms with van der Waals surface area (Å²) in [6, 6.07) is 0. The summed E-state index contributed by atoms with van der Waals surface area (Å²) in [6.45, 7) is 4.79. The third-order valence-corrected chi connectivity index (χ3v) is 5.16. The molecule has 0 atom stereocenters. The Kier molecular flexibility index (Phi) is 30.8. The lowest BCUT2D eigenvalue weighted by atomic mass is 10.1. The topological polar surface area (TPSA) is 57.5 Å². The minimum Gasteiger partial charge on any atom is -0.481 e. The van der Waals surface area contributed by atoms with E-state index in [-0.39, 0.29) is 0 Å². The van der Waals surface area contributed by atoms with Gasteiger partial charge in [0.05, 0.1) is 0 Å². The molecule has 2 N–H and O–H groups in total. The third-order valence-electron chi connectivity index (χ3n) is 5.16. The number of hydrogen-bond acceptors (Lipinski definition) is 2. The van der Waals surface area contributed by atoms with E-state index in [0.717, 1.165) is 19.3 Å². The van der Waals surface area contributed by atoms with Gasteiger partial charge in [0, 0.05) is 13.0 Å². The SMILES string of the molecule is CCCCCCCC(=O)O.CCCCCCCC/C=C\CCCCCCCCO. The highest BCUT2D eigenvalue weighted by molar-refractivity contribution is 5.66. The second kappa shape index (κ2) is 29.4. The summed E-state index contributed by atoms with van der Waals surface area (Å²) in [6.07, 6.45) is 29.1. The molecule has 3 heteroatoms. The Morgan fingerprint density at radius 3 is 1.38 bits per heavy atom. The van der Waals surface area contributed by atoms with Gasteiger partial charge < -0.3 is 10.2 Å². The summed E-state index contributed by atoms with van der Waals surface area (Å²) in [5.41, 5.74) is 0. The monoisotopic (exact) mass is 412 g/mol. The van der Waals surface area contributed by atoms with Crippen LogP contribution in [0.5, 0.6) is 0 Å². The van der Waals surface area contributed by atoms with Crippen molar-refractivity contribution in [1.29, 1.82) is 0 Å². The van der Waals surface area contributed by atoms with Gasteiger partial charge in [0.1, 0.15) is 0 Å². The van der Waals surface area contributed by atoms with Crippen molar-refractivity contribution < 1.29 is 15.0 Å². The van der Waals surface area contributed by atoms with Gasteiger partial charge in [0.15, 0.2) is 0 Å². The Balaban J connectivity index is 0. The zero-order valence-electron chi connectivity index (χ0n) is 19.8. The van der Waals surface area contributed by atoms with Crippen LogP contribution in [-0.4, -0.2) is 22.8 Å². The zero-order valence-corrected chi connectivity index (χ0v) is 19.8. The highest BCUT2D eigenvalue weighted by Crippen LogP contribution is 2.09. The molecule has 29 heavy (non-hydrogen) atoms. The third kappa shape index (κ3) is 35.0. The minimum atomic E-state index is -0.670. The van der Waals surface area contributed by atoms with Crippen molar-refractivity contribution in [3.63, 3.8) is 0 Å². The van der Waals surface area contributed by atoms with Crippen molar-refractivity contribution in [2.24, 2.45) is 0 Å². The molecule has 0 aromatic rings. The average molecular weight is 413 g/mol. The summed E-state index contributed by atoms with van der Waals surface area (Å²) < 4.78 is 0. The van der Waals surface area contributed by atoms with Gasteiger partial charge in [-0.05, 0) is 38.5 Å². The lowest BCUT2D eigenvalue weighted by Gasteiger charge is -1.99. The van der Waals surface area contributed by atoms with Crippen LogP contribution in [-0.2, 0) is 4.79 Å². The van der Waals surface area contributed by atoms with Crippen molar-refractivity contribution in [3.05, 3.63) is 12.2 Å². The largest absolute Gasteiger partial charge is 0.481 e. The molecule has 0 aromatic carbocycles. The molecule has 0 radical (unpaired) electrons.